The first-order valence-corrected chi connectivity index (χ1v) is 10.9. The SMILES string of the molecule is CCCCN(C)Cc1c(OC(C)C)cc(-c2c(CC)cccc2CC)nc1C. The van der Waals surface area contributed by atoms with Crippen LogP contribution < -0.4 is 4.74 Å². The van der Waals surface area contributed by atoms with Gasteiger partial charge in [0.25, 0.3) is 0 Å². The summed E-state index contributed by atoms with van der Waals surface area (Å²) in [4.78, 5) is 7.43. The molecule has 0 bridgehead atoms. The first-order valence-electron chi connectivity index (χ1n) is 10.9. The number of benzene rings is 1. The Morgan fingerprint density at radius 2 is 1.71 bits per heavy atom. The van der Waals surface area contributed by atoms with E-state index in [1.165, 1.54) is 35.1 Å². The van der Waals surface area contributed by atoms with Gasteiger partial charge in [-0.1, -0.05) is 45.4 Å². The highest BCUT2D eigenvalue weighted by molar-refractivity contribution is 5.70. The summed E-state index contributed by atoms with van der Waals surface area (Å²) in [5.74, 6) is 0.980. The molecule has 0 unspecified atom stereocenters. The fraction of sp³-hybridized carbons (Fsp3) is 0.560. The van der Waals surface area contributed by atoms with Crippen molar-refractivity contribution in [3.8, 4) is 17.0 Å². The van der Waals surface area contributed by atoms with Crippen LogP contribution in [-0.4, -0.2) is 29.6 Å². The summed E-state index contributed by atoms with van der Waals surface area (Å²) in [7, 11) is 2.18. The molecule has 0 saturated heterocycles. The van der Waals surface area contributed by atoms with Crippen LogP contribution >= 0.6 is 0 Å². The van der Waals surface area contributed by atoms with Gasteiger partial charge in [0.1, 0.15) is 5.75 Å². The maximum atomic E-state index is 6.27. The number of hydrogen-bond acceptors (Lipinski definition) is 3. The number of aryl methyl sites for hydroxylation is 3. The number of nitrogens with zero attached hydrogens (tertiary/aromatic N) is 2. The van der Waals surface area contributed by atoms with Gasteiger partial charge < -0.3 is 9.64 Å². The van der Waals surface area contributed by atoms with Crippen molar-refractivity contribution in [2.24, 2.45) is 0 Å². The minimum absolute atomic E-state index is 0.140. The zero-order valence-electron chi connectivity index (χ0n) is 18.9. The van der Waals surface area contributed by atoms with E-state index in [9.17, 15) is 0 Å². The molecular formula is C25H38N2O. The molecule has 154 valence electrons. The highest BCUT2D eigenvalue weighted by atomic mass is 16.5. The van der Waals surface area contributed by atoms with Gasteiger partial charge >= 0.3 is 0 Å². The largest absolute Gasteiger partial charge is 0.491 e. The molecular weight excluding hydrogens is 344 g/mol. The van der Waals surface area contributed by atoms with Gasteiger partial charge in [0, 0.05) is 29.4 Å². The molecule has 2 aromatic rings. The Morgan fingerprint density at radius 3 is 2.25 bits per heavy atom. The molecule has 1 aromatic heterocycles. The second-order valence-electron chi connectivity index (χ2n) is 7.99. The van der Waals surface area contributed by atoms with Crippen LogP contribution in [0.15, 0.2) is 24.3 Å². The second kappa shape index (κ2) is 10.6. The van der Waals surface area contributed by atoms with E-state index in [0.29, 0.717) is 0 Å². The Bertz CT molecular complexity index is 745. The highest BCUT2D eigenvalue weighted by Crippen LogP contribution is 2.33. The standard InChI is InChI=1S/C25H38N2O/c1-8-11-15-27(7)17-22-19(6)26-23(16-24(22)28-18(4)5)25-20(9-2)13-12-14-21(25)10-3/h12-14,16,18H,8-11,15,17H2,1-7H3. The van der Waals surface area contributed by atoms with Gasteiger partial charge in [-0.25, -0.2) is 0 Å². The molecule has 0 aliphatic rings. The van der Waals surface area contributed by atoms with Crippen LogP contribution in [-0.2, 0) is 19.4 Å². The normalized spacial score (nSPS) is 11.5. The Kier molecular flexibility index (Phi) is 8.50. The van der Waals surface area contributed by atoms with Crippen LogP contribution in [0, 0.1) is 6.92 Å². The van der Waals surface area contributed by atoms with E-state index in [1.807, 2.05) is 0 Å². The van der Waals surface area contributed by atoms with Crippen molar-refractivity contribution in [1.29, 1.82) is 0 Å². The Morgan fingerprint density at radius 1 is 1.07 bits per heavy atom. The van der Waals surface area contributed by atoms with Gasteiger partial charge in [-0.05, 0) is 64.8 Å². The first kappa shape index (κ1) is 22.4. The van der Waals surface area contributed by atoms with Gasteiger partial charge in [-0.3, -0.25) is 4.98 Å². The van der Waals surface area contributed by atoms with Gasteiger partial charge in [-0.15, -0.1) is 0 Å². The van der Waals surface area contributed by atoms with Crippen LogP contribution in [0.2, 0.25) is 0 Å². The molecule has 2 rings (SSSR count). The van der Waals surface area contributed by atoms with Gasteiger partial charge in [0.2, 0.25) is 0 Å². The zero-order chi connectivity index (χ0) is 20.7. The van der Waals surface area contributed by atoms with Crippen molar-refractivity contribution >= 4 is 0 Å². The zero-order valence-corrected chi connectivity index (χ0v) is 18.9. The molecule has 3 nitrogen and oxygen atoms in total. The average molecular weight is 383 g/mol. The van der Waals surface area contributed by atoms with Gasteiger partial charge in [0.05, 0.1) is 11.8 Å². The summed E-state index contributed by atoms with van der Waals surface area (Å²) < 4.78 is 6.27. The molecule has 0 spiro atoms. The lowest BCUT2D eigenvalue weighted by Gasteiger charge is -2.23. The minimum Gasteiger partial charge on any atom is -0.491 e. The monoisotopic (exact) mass is 382 g/mol. The van der Waals surface area contributed by atoms with E-state index in [0.717, 1.165) is 43.1 Å². The summed E-state index contributed by atoms with van der Waals surface area (Å²) in [5, 5.41) is 0. The molecule has 0 N–H and O–H groups in total. The number of hydrogen-bond donors (Lipinski definition) is 0. The van der Waals surface area contributed by atoms with E-state index < -0.39 is 0 Å². The maximum absolute atomic E-state index is 6.27. The van der Waals surface area contributed by atoms with Crippen LogP contribution in [0.4, 0.5) is 0 Å². The molecule has 0 saturated carbocycles. The van der Waals surface area contributed by atoms with Crippen molar-refractivity contribution in [2.75, 3.05) is 13.6 Å². The summed E-state index contributed by atoms with van der Waals surface area (Å²) in [6.07, 6.45) is 4.58. The lowest BCUT2D eigenvalue weighted by atomic mass is 9.94. The van der Waals surface area contributed by atoms with E-state index in [1.54, 1.807) is 0 Å². The molecule has 3 heteroatoms. The predicted molar refractivity (Wildman–Crippen MR) is 120 cm³/mol. The summed E-state index contributed by atoms with van der Waals surface area (Å²) in [5.41, 5.74) is 7.33. The minimum atomic E-state index is 0.140. The third kappa shape index (κ3) is 5.57. The van der Waals surface area contributed by atoms with Crippen molar-refractivity contribution in [3.63, 3.8) is 0 Å². The lowest BCUT2D eigenvalue weighted by Crippen LogP contribution is -2.21. The number of ether oxygens (including phenoxy) is 1. The molecule has 1 heterocycles. The molecule has 0 fully saturated rings. The Balaban J connectivity index is 2.54. The van der Waals surface area contributed by atoms with Crippen LogP contribution in [0.1, 0.15) is 69.8 Å². The van der Waals surface area contributed by atoms with Crippen molar-refractivity contribution < 1.29 is 4.74 Å². The molecule has 0 radical (unpaired) electrons. The van der Waals surface area contributed by atoms with Crippen molar-refractivity contribution in [1.82, 2.24) is 9.88 Å². The predicted octanol–water partition coefficient (Wildman–Crippen LogP) is 6.20. The molecule has 1 aromatic carbocycles. The fourth-order valence-corrected chi connectivity index (χ4v) is 3.70. The molecule has 0 atom stereocenters. The second-order valence-corrected chi connectivity index (χ2v) is 7.99. The first-order chi connectivity index (χ1) is 13.4. The number of aromatic nitrogens is 1. The number of unbranched alkanes of at least 4 members (excludes halogenated alkanes) is 1. The molecule has 0 aliphatic carbocycles. The Hall–Kier alpha value is -1.87. The third-order valence-electron chi connectivity index (χ3n) is 5.23. The van der Waals surface area contributed by atoms with Crippen LogP contribution in [0.3, 0.4) is 0 Å². The van der Waals surface area contributed by atoms with E-state index in [4.69, 9.17) is 9.72 Å². The quantitative estimate of drug-likeness (QED) is 0.489. The molecule has 28 heavy (non-hydrogen) atoms. The van der Waals surface area contributed by atoms with Crippen molar-refractivity contribution in [3.05, 3.63) is 46.6 Å². The summed E-state index contributed by atoms with van der Waals surface area (Å²) >= 11 is 0. The van der Waals surface area contributed by atoms with E-state index in [2.05, 4.69) is 77.8 Å². The maximum Gasteiger partial charge on any atom is 0.128 e. The molecule has 0 amide bonds. The third-order valence-corrected chi connectivity index (χ3v) is 5.23. The molecule has 0 aliphatic heterocycles. The lowest BCUT2D eigenvalue weighted by molar-refractivity contribution is 0.233. The number of pyridine rings is 1. The fourth-order valence-electron chi connectivity index (χ4n) is 3.70. The summed E-state index contributed by atoms with van der Waals surface area (Å²) in [6.45, 7) is 14.9. The van der Waals surface area contributed by atoms with E-state index >= 15 is 0 Å². The average Bonchev–Trinajstić information content (AvgIpc) is 2.67. The van der Waals surface area contributed by atoms with E-state index in [-0.39, 0.29) is 6.10 Å². The highest BCUT2D eigenvalue weighted by Gasteiger charge is 2.18. The van der Waals surface area contributed by atoms with Crippen molar-refractivity contribution in [2.45, 2.75) is 79.9 Å². The van der Waals surface area contributed by atoms with Crippen LogP contribution in [0.25, 0.3) is 11.3 Å². The Labute approximate surface area is 172 Å². The summed E-state index contributed by atoms with van der Waals surface area (Å²) in [6, 6.07) is 8.78. The number of rotatable bonds is 10. The smallest absolute Gasteiger partial charge is 0.128 e. The van der Waals surface area contributed by atoms with Crippen LogP contribution in [0.5, 0.6) is 5.75 Å². The van der Waals surface area contributed by atoms with Gasteiger partial charge in [0.15, 0.2) is 0 Å². The topological polar surface area (TPSA) is 25.4 Å². The van der Waals surface area contributed by atoms with Gasteiger partial charge in [-0.2, -0.15) is 0 Å².